The van der Waals surface area contributed by atoms with Crippen molar-refractivity contribution >= 4 is 5.91 Å². The van der Waals surface area contributed by atoms with Crippen LogP contribution in [0.4, 0.5) is 0 Å². The lowest BCUT2D eigenvalue weighted by Crippen LogP contribution is -2.40. The third-order valence-corrected chi connectivity index (χ3v) is 3.56. The second-order valence-corrected chi connectivity index (χ2v) is 4.78. The van der Waals surface area contributed by atoms with E-state index in [1.807, 2.05) is 0 Å². The Kier molecular flexibility index (Phi) is 3.56. The minimum absolute atomic E-state index is 0.110. The molecule has 0 saturated carbocycles. The van der Waals surface area contributed by atoms with Gasteiger partial charge in [0.25, 0.3) is 5.91 Å². The minimum Gasteiger partial charge on any atom is -0.461 e. The van der Waals surface area contributed by atoms with Crippen LogP contribution in [0.25, 0.3) is 11.5 Å². The highest BCUT2D eigenvalue weighted by Gasteiger charge is 2.25. The zero-order chi connectivity index (χ0) is 13.9. The summed E-state index contributed by atoms with van der Waals surface area (Å²) < 4.78 is 15.7. The van der Waals surface area contributed by atoms with Gasteiger partial charge in [-0.25, -0.2) is 0 Å². The van der Waals surface area contributed by atoms with E-state index in [9.17, 15) is 4.79 Å². The Bertz CT molecular complexity index is 568. The quantitative estimate of drug-likeness (QED) is 0.859. The van der Waals surface area contributed by atoms with E-state index in [1.165, 1.54) is 0 Å². The first kappa shape index (κ1) is 12.9. The molecule has 1 aliphatic rings. The molecule has 0 unspecified atom stereocenters. The molecule has 6 heteroatoms. The Morgan fingerprint density at radius 3 is 2.85 bits per heavy atom. The monoisotopic (exact) mass is 276 g/mol. The number of rotatable bonds is 3. The molecule has 0 aliphatic carbocycles. The predicted molar refractivity (Wildman–Crippen MR) is 70.1 cm³/mol. The van der Waals surface area contributed by atoms with E-state index in [4.69, 9.17) is 13.7 Å². The first-order valence-electron chi connectivity index (χ1n) is 6.60. The number of carbonyl (C=O) groups excluding carboxylic acids is 1. The van der Waals surface area contributed by atoms with Gasteiger partial charge in [0.05, 0.1) is 12.4 Å². The lowest BCUT2D eigenvalue weighted by molar-refractivity contribution is 0.0345. The summed E-state index contributed by atoms with van der Waals surface area (Å²) in [4.78, 5) is 14.1. The number of ether oxygens (including phenoxy) is 1. The molecule has 0 bridgehead atoms. The highest BCUT2D eigenvalue weighted by atomic mass is 16.5. The molecular weight excluding hydrogens is 260 g/mol. The Balaban J connectivity index is 1.69. The standard InChI is InChI=1S/C14H16N2O4/c1-18-10-4-6-16(7-5-10)14(17)11-9-13(20-15-11)12-3-2-8-19-12/h2-3,8-10H,4-7H2,1H3. The summed E-state index contributed by atoms with van der Waals surface area (Å²) in [6.07, 6.45) is 3.50. The number of amides is 1. The average molecular weight is 276 g/mol. The van der Waals surface area contributed by atoms with Gasteiger partial charge in [0.15, 0.2) is 11.5 Å². The van der Waals surface area contributed by atoms with Crippen LogP contribution in [0.3, 0.4) is 0 Å². The van der Waals surface area contributed by atoms with Gasteiger partial charge in [0.2, 0.25) is 5.76 Å². The molecule has 2 aromatic rings. The van der Waals surface area contributed by atoms with Crippen LogP contribution in [-0.4, -0.2) is 42.3 Å². The number of aromatic nitrogens is 1. The molecular formula is C14H16N2O4. The molecule has 0 radical (unpaired) electrons. The second-order valence-electron chi connectivity index (χ2n) is 4.78. The number of methoxy groups -OCH3 is 1. The molecule has 2 aromatic heterocycles. The number of furan rings is 1. The molecule has 0 spiro atoms. The summed E-state index contributed by atoms with van der Waals surface area (Å²) in [5.74, 6) is 0.917. The van der Waals surface area contributed by atoms with Gasteiger partial charge in [-0.2, -0.15) is 0 Å². The SMILES string of the molecule is COC1CCN(C(=O)c2cc(-c3ccco3)on2)CC1. The van der Waals surface area contributed by atoms with Gasteiger partial charge in [0, 0.05) is 26.3 Å². The summed E-state index contributed by atoms with van der Waals surface area (Å²) in [6.45, 7) is 1.36. The van der Waals surface area contributed by atoms with Gasteiger partial charge in [-0.15, -0.1) is 0 Å². The van der Waals surface area contributed by atoms with Crippen molar-refractivity contribution in [3.05, 3.63) is 30.2 Å². The van der Waals surface area contributed by atoms with Crippen molar-refractivity contribution in [2.45, 2.75) is 18.9 Å². The van der Waals surface area contributed by atoms with Gasteiger partial charge < -0.3 is 18.6 Å². The van der Waals surface area contributed by atoms with Gasteiger partial charge in [-0.05, 0) is 25.0 Å². The van der Waals surface area contributed by atoms with E-state index in [-0.39, 0.29) is 12.0 Å². The van der Waals surface area contributed by atoms with Gasteiger partial charge in [-0.1, -0.05) is 5.16 Å². The number of hydrogen-bond acceptors (Lipinski definition) is 5. The third kappa shape index (κ3) is 2.46. The maximum atomic E-state index is 12.3. The topological polar surface area (TPSA) is 68.7 Å². The minimum atomic E-state index is -0.110. The molecule has 20 heavy (non-hydrogen) atoms. The summed E-state index contributed by atoms with van der Waals surface area (Å²) in [5, 5.41) is 3.83. The number of piperidine rings is 1. The summed E-state index contributed by atoms with van der Waals surface area (Å²) in [5.41, 5.74) is 0.312. The van der Waals surface area contributed by atoms with Crippen molar-refractivity contribution < 1.29 is 18.5 Å². The van der Waals surface area contributed by atoms with Crippen molar-refractivity contribution in [1.29, 1.82) is 0 Å². The fourth-order valence-corrected chi connectivity index (χ4v) is 2.37. The molecule has 1 saturated heterocycles. The lowest BCUT2D eigenvalue weighted by atomic mass is 10.1. The molecule has 6 nitrogen and oxygen atoms in total. The molecule has 3 rings (SSSR count). The van der Waals surface area contributed by atoms with Crippen LogP contribution < -0.4 is 0 Å². The van der Waals surface area contributed by atoms with E-state index in [0.29, 0.717) is 30.3 Å². The van der Waals surface area contributed by atoms with E-state index in [1.54, 1.807) is 36.5 Å². The molecule has 106 valence electrons. The van der Waals surface area contributed by atoms with Crippen molar-refractivity contribution in [3.8, 4) is 11.5 Å². The van der Waals surface area contributed by atoms with Crippen LogP contribution in [0.1, 0.15) is 23.3 Å². The lowest BCUT2D eigenvalue weighted by Gasteiger charge is -2.30. The van der Waals surface area contributed by atoms with E-state index in [0.717, 1.165) is 12.8 Å². The molecule has 0 atom stereocenters. The normalized spacial score (nSPS) is 16.6. The van der Waals surface area contributed by atoms with E-state index in [2.05, 4.69) is 5.16 Å². The molecule has 3 heterocycles. The molecule has 1 fully saturated rings. The van der Waals surface area contributed by atoms with Crippen molar-refractivity contribution in [2.75, 3.05) is 20.2 Å². The number of hydrogen-bond donors (Lipinski definition) is 0. The number of nitrogens with zero attached hydrogens (tertiary/aromatic N) is 2. The highest BCUT2D eigenvalue weighted by molar-refractivity contribution is 5.93. The van der Waals surface area contributed by atoms with Gasteiger partial charge in [-0.3, -0.25) is 4.79 Å². The van der Waals surface area contributed by atoms with Crippen LogP contribution in [0.15, 0.2) is 33.4 Å². The second kappa shape index (κ2) is 5.50. The molecule has 1 amide bonds. The zero-order valence-corrected chi connectivity index (χ0v) is 11.2. The Hall–Kier alpha value is -2.08. The van der Waals surface area contributed by atoms with Crippen LogP contribution in [-0.2, 0) is 4.74 Å². The summed E-state index contributed by atoms with van der Waals surface area (Å²) in [6, 6.07) is 5.14. The maximum absolute atomic E-state index is 12.3. The van der Waals surface area contributed by atoms with Gasteiger partial charge in [0.1, 0.15) is 0 Å². The largest absolute Gasteiger partial charge is 0.461 e. The number of likely N-dealkylation sites (tertiary alicyclic amines) is 1. The van der Waals surface area contributed by atoms with Crippen LogP contribution in [0, 0.1) is 0 Å². The fraction of sp³-hybridized carbons (Fsp3) is 0.429. The first-order valence-corrected chi connectivity index (χ1v) is 6.60. The summed E-state index contributed by atoms with van der Waals surface area (Å²) >= 11 is 0. The molecule has 1 aliphatic heterocycles. The number of carbonyl (C=O) groups is 1. The van der Waals surface area contributed by atoms with Crippen molar-refractivity contribution in [3.63, 3.8) is 0 Å². The Morgan fingerprint density at radius 1 is 1.40 bits per heavy atom. The Morgan fingerprint density at radius 2 is 2.20 bits per heavy atom. The van der Waals surface area contributed by atoms with Crippen LogP contribution in [0.2, 0.25) is 0 Å². The van der Waals surface area contributed by atoms with Crippen LogP contribution in [0.5, 0.6) is 0 Å². The van der Waals surface area contributed by atoms with Crippen LogP contribution >= 0.6 is 0 Å². The highest BCUT2D eigenvalue weighted by Crippen LogP contribution is 2.22. The van der Waals surface area contributed by atoms with Crippen molar-refractivity contribution in [1.82, 2.24) is 10.1 Å². The Labute approximate surface area is 116 Å². The third-order valence-electron chi connectivity index (χ3n) is 3.56. The predicted octanol–water partition coefficient (Wildman–Crippen LogP) is 2.19. The van der Waals surface area contributed by atoms with E-state index < -0.39 is 0 Å². The smallest absolute Gasteiger partial charge is 0.276 e. The fourth-order valence-electron chi connectivity index (χ4n) is 2.37. The van der Waals surface area contributed by atoms with E-state index >= 15 is 0 Å². The molecule has 0 aromatic carbocycles. The summed E-state index contributed by atoms with van der Waals surface area (Å²) in [7, 11) is 1.70. The zero-order valence-electron chi connectivity index (χ0n) is 11.2. The van der Waals surface area contributed by atoms with Crippen molar-refractivity contribution in [2.24, 2.45) is 0 Å². The average Bonchev–Trinajstić information content (AvgIpc) is 3.17. The van der Waals surface area contributed by atoms with Gasteiger partial charge >= 0.3 is 0 Å². The molecule has 0 N–H and O–H groups in total. The maximum Gasteiger partial charge on any atom is 0.276 e. The first-order chi connectivity index (χ1) is 9.78.